The van der Waals surface area contributed by atoms with Crippen molar-refractivity contribution in [1.82, 2.24) is 9.29 Å². The first-order chi connectivity index (χ1) is 13.4. The Kier molecular flexibility index (Phi) is 6.06. The van der Waals surface area contributed by atoms with Gasteiger partial charge in [0.05, 0.1) is 11.4 Å². The molecular weight excluding hydrogens is 374 g/mol. The number of carbonyl (C=O) groups is 1. The number of amides is 1. The molecule has 0 aliphatic rings. The van der Waals surface area contributed by atoms with E-state index in [-0.39, 0.29) is 23.9 Å². The Morgan fingerprint density at radius 1 is 1.11 bits per heavy atom. The molecule has 0 fully saturated rings. The van der Waals surface area contributed by atoms with E-state index in [1.165, 1.54) is 4.31 Å². The van der Waals surface area contributed by atoms with Crippen LogP contribution in [0.5, 0.6) is 0 Å². The van der Waals surface area contributed by atoms with Crippen LogP contribution in [-0.2, 0) is 14.8 Å². The Morgan fingerprint density at radius 2 is 1.86 bits per heavy atom. The number of hydrogen-bond acceptors (Lipinski definition) is 4. The first-order valence-corrected chi connectivity index (χ1v) is 10.5. The van der Waals surface area contributed by atoms with Crippen molar-refractivity contribution >= 4 is 32.4 Å². The van der Waals surface area contributed by atoms with Gasteiger partial charge in [-0.2, -0.15) is 4.31 Å². The summed E-state index contributed by atoms with van der Waals surface area (Å²) in [5, 5.41) is 4.10. The van der Waals surface area contributed by atoms with Crippen molar-refractivity contribution in [2.75, 3.05) is 18.4 Å². The zero-order valence-electron chi connectivity index (χ0n) is 15.9. The van der Waals surface area contributed by atoms with E-state index in [9.17, 15) is 13.2 Å². The van der Waals surface area contributed by atoms with Crippen molar-refractivity contribution in [3.63, 3.8) is 0 Å². The number of aryl methyl sites for hydroxylation is 1. The summed E-state index contributed by atoms with van der Waals surface area (Å²) in [6.07, 6.45) is 3.79. The molecule has 0 unspecified atom stereocenters. The van der Waals surface area contributed by atoms with Gasteiger partial charge in [-0.1, -0.05) is 36.8 Å². The second-order valence-electron chi connectivity index (χ2n) is 6.61. The van der Waals surface area contributed by atoms with Crippen LogP contribution >= 0.6 is 0 Å². The summed E-state index contributed by atoms with van der Waals surface area (Å²) in [6.45, 7) is 3.85. The van der Waals surface area contributed by atoms with Crippen LogP contribution in [-0.4, -0.2) is 36.7 Å². The molecule has 0 saturated carbocycles. The quantitative estimate of drug-likeness (QED) is 0.661. The SMILES string of the molecule is CCCN(CC(=O)Nc1ccc(C)cc1)S(=O)(=O)c1cccc2cnccc12. The van der Waals surface area contributed by atoms with Gasteiger partial charge in [0.1, 0.15) is 0 Å². The van der Waals surface area contributed by atoms with Crippen molar-refractivity contribution in [3.05, 3.63) is 66.5 Å². The standard InChI is InChI=1S/C21H23N3O3S/c1-3-13-24(15-21(25)23-18-9-7-16(2)8-10-18)28(26,27)20-6-4-5-17-14-22-12-11-19(17)20/h4-12,14H,3,13,15H2,1-2H3,(H,23,25). The average Bonchev–Trinajstić information content (AvgIpc) is 2.69. The van der Waals surface area contributed by atoms with Crippen LogP contribution in [0, 0.1) is 6.92 Å². The normalized spacial score (nSPS) is 11.7. The second-order valence-corrected chi connectivity index (χ2v) is 8.51. The summed E-state index contributed by atoms with van der Waals surface area (Å²) in [5.74, 6) is -0.372. The molecular formula is C21H23N3O3S. The number of nitrogens with one attached hydrogen (secondary N) is 1. The number of nitrogens with zero attached hydrogens (tertiary/aromatic N) is 2. The minimum atomic E-state index is -3.84. The molecule has 6 nitrogen and oxygen atoms in total. The van der Waals surface area contributed by atoms with Gasteiger partial charge in [-0.05, 0) is 37.6 Å². The summed E-state index contributed by atoms with van der Waals surface area (Å²) in [4.78, 5) is 16.7. The molecule has 1 aromatic heterocycles. The Bertz CT molecular complexity index is 1070. The van der Waals surface area contributed by atoms with Crippen LogP contribution in [0.4, 0.5) is 5.69 Å². The van der Waals surface area contributed by atoms with Gasteiger partial charge in [0.15, 0.2) is 0 Å². The van der Waals surface area contributed by atoms with E-state index in [2.05, 4.69) is 10.3 Å². The second kappa shape index (κ2) is 8.50. The highest BCUT2D eigenvalue weighted by Gasteiger charge is 2.27. The summed E-state index contributed by atoms with van der Waals surface area (Å²) < 4.78 is 27.8. The molecule has 3 aromatic rings. The Labute approximate surface area is 165 Å². The van der Waals surface area contributed by atoms with Crippen molar-refractivity contribution in [3.8, 4) is 0 Å². The topological polar surface area (TPSA) is 79.4 Å². The smallest absolute Gasteiger partial charge is 0.244 e. The average molecular weight is 398 g/mol. The lowest BCUT2D eigenvalue weighted by Crippen LogP contribution is -2.38. The molecule has 28 heavy (non-hydrogen) atoms. The number of benzene rings is 2. The zero-order chi connectivity index (χ0) is 20.1. The Hall–Kier alpha value is -2.77. The molecule has 7 heteroatoms. The molecule has 0 saturated heterocycles. The van der Waals surface area contributed by atoms with Gasteiger partial charge in [-0.3, -0.25) is 9.78 Å². The van der Waals surface area contributed by atoms with E-state index in [0.29, 0.717) is 17.5 Å². The lowest BCUT2D eigenvalue weighted by Gasteiger charge is -2.22. The van der Waals surface area contributed by atoms with Gasteiger partial charge in [0.25, 0.3) is 0 Å². The molecule has 2 aromatic carbocycles. The Morgan fingerprint density at radius 3 is 2.57 bits per heavy atom. The molecule has 3 rings (SSSR count). The van der Waals surface area contributed by atoms with Crippen LogP contribution in [0.25, 0.3) is 10.8 Å². The van der Waals surface area contributed by atoms with Crippen molar-refractivity contribution in [2.45, 2.75) is 25.2 Å². The van der Waals surface area contributed by atoms with Crippen molar-refractivity contribution < 1.29 is 13.2 Å². The third-order valence-electron chi connectivity index (χ3n) is 4.39. The molecule has 146 valence electrons. The molecule has 0 bridgehead atoms. The summed E-state index contributed by atoms with van der Waals surface area (Å²) in [6, 6.07) is 14.1. The predicted octanol–water partition coefficient (Wildman–Crippen LogP) is 3.58. The first kappa shape index (κ1) is 20.0. The van der Waals surface area contributed by atoms with Gasteiger partial charge < -0.3 is 5.32 Å². The number of anilines is 1. The molecule has 1 N–H and O–H groups in total. The maximum atomic E-state index is 13.3. The van der Waals surface area contributed by atoms with Crippen LogP contribution in [0.1, 0.15) is 18.9 Å². The van der Waals surface area contributed by atoms with Gasteiger partial charge >= 0.3 is 0 Å². The number of sulfonamides is 1. The number of hydrogen-bond donors (Lipinski definition) is 1. The molecule has 1 heterocycles. The van der Waals surface area contributed by atoms with E-state index >= 15 is 0 Å². The largest absolute Gasteiger partial charge is 0.325 e. The van der Waals surface area contributed by atoms with Gasteiger partial charge in [-0.25, -0.2) is 8.42 Å². The molecule has 0 atom stereocenters. The number of carbonyl (C=O) groups excluding carboxylic acids is 1. The number of rotatable bonds is 7. The van der Waals surface area contributed by atoms with E-state index < -0.39 is 10.0 Å². The highest BCUT2D eigenvalue weighted by atomic mass is 32.2. The zero-order valence-corrected chi connectivity index (χ0v) is 16.7. The number of fused-ring (bicyclic) bond motifs is 1. The van der Waals surface area contributed by atoms with Gasteiger partial charge in [0.2, 0.25) is 15.9 Å². The fourth-order valence-corrected chi connectivity index (χ4v) is 4.69. The molecule has 0 radical (unpaired) electrons. The predicted molar refractivity (Wildman–Crippen MR) is 111 cm³/mol. The van der Waals surface area contributed by atoms with Crippen LogP contribution < -0.4 is 5.32 Å². The van der Waals surface area contributed by atoms with Gasteiger partial charge in [-0.15, -0.1) is 0 Å². The summed E-state index contributed by atoms with van der Waals surface area (Å²) in [7, 11) is -3.84. The maximum absolute atomic E-state index is 13.3. The molecule has 0 aliphatic carbocycles. The molecule has 0 spiro atoms. The molecule has 0 aliphatic heterocycles. The summed E-state index contributed by atoms with van der Waals surface area (Å²) >= 11 is 0. The highest BCUT2D eigenvalue weighted by Crippen LogP contribution is 2.25. The summed E-state index contributed by atoms with van der Waals surface area (Å²) in [5.41, 5.74) is 1.72. The lowest BCUT2D eigenvalue weighted by molar-refractivity contribution is -0.116. The number of pyridine rings is 1. The third kappa shape index (κ3) is 4.37. The number of aromatic nitrogens is 1. The minimum Gasteiger partial charge on any atom is -0.325 e. The van der Waals surface area contributed by atoms with Crippen LogP contribution in [0.2, 0.25) is 0 Å². The van der Waals surface area contributed by atoms with E-state index in [0.717, 1.165) is 10.9 Å². The fraction of sp³-hybridized carbons (Fsp3) is 0.238. The van der Waals surface area contributed by atoms with E-state index in [1.807, 2.05) is 32.0 Å². The first-order valence-electron chi connectivity index (χ1n) is 9.11. The highest BCUT2D eigenvalue weighted by molar-refractivity contribution is 7.89. The monoisotopic (exact) mass is 397 g/mol. The van der Waals surface area contributed by atoms with E-state index in [4.69, 9.17) is 0 Å². The van der Waals surface area contributed by atoms with Gasteiger partial charge in [0, 0.05) is 35.4 Å². The molecule has 1 amide bonds. The van der Waals surface area contributed by atoms with E-state index in [1.54, 1.807) is 42.7 Å². The maximum Gasteiger partial charge on any atom is 0.244 e. The minimum absolute atomic E-state index is 0.184. The third-order valence-corrected chi connectivity index (χ3v) is 6.29. The van der Waals surface area contributed by atoms with Crippen LogP contribution in [0.15, 0.2) is 65.8 Å². The van der Waals surface area contributed by atoms with Crippen molar-refractivity contribution in [1.29, 1.82) is 0 Å². The fourth-order valence-electron chi connectivity index (χ4n) is 2.99. The Balaban J connectivity index is 1.87. The van der Waals surface area contributed by atoms with Crippen LogP contribution in [0.3, 0.4) is 0 Å². The lowest BCUT2D eigenvalue weighted by atomic mass is 10.2. The van der Waals surface area contributed by atoms with Crippen molar-refractivity contribution in [2.24, 2.45) is 0 Å².